The van der Waals surface area contributed by atoms with Gasteiger partial charge in [0.25, 0.3) is 0 Å². The third kappa shape index (κ3) is 4.62. The standard InChI is InChI=1S/C18H29ClN2/c1-17(2,3)20-12-14-15(19)8-6-9-16(14)21-11-7-10-18(4,5)13-21/h6,8-9,20H,7,10-13H2,1-5H3. The fourth-order valence-corrected chi connectivity index (χ4v) is 3.24. The van der Waals surface area contributed by atoms with Gasteiger partial charge in [-0.05, 0) is 51.2 Å². The molecule has 0 amide bonds. The lowest BCUT2D eigenvalue weighted by atomic mass is 9.84. The van der Waals surface area contributed by atoms with Crippen molar-refractivity contribution in [1.29, 1.82) is 0 Å². The summed E-state index contributed by atoms with van der Waals surface area (Å²) >= 11 is 6.48. The highest BCUT2D eigenvalue weighted by Gasteiger charge is 2.28. The van der Waals surface area contributed by atoms with Gasteiger partial charge in [-0.25, -0.2) is 0 Å². The highest BCUT2D eigenvalue weighted by Crippen LogP contribution is 2.35. The number of nitrogens with zero attached hydrogens (tertiary/aromatic N) is 1. The van der Waals surface area contributed by atoms with Gasteiger partial charge in [-0.2, -0.15) is 0 Å². The predicted octanol–water partition coefficient (Wildman–Crippen LogP) is 4.85. The number of rotatable bonds is 3. The lowest BCUT2D eigenvalue weighted by Gasteiger charge is -2.40. The summed E-state index contributed by atoms with van der Waals surface area (Å²) in [4.78, 5) is 2.51. The van der Waals surface area contributed by atoms with Gasteiger partial charge < -0.3 is 10.2 Å². The Bertz CT molecular complexity index is 488. The summed E-state index contributed by atoms with van der Waals surface area (Å²) in [5, 5.41) is 4.44. The average Bonchev–Trinajstić information content (AvgIpc) is 2.34. The lowest BCUT2D eigenvalue weighted by Crippen LogP contribution is -2.41. The Hall–Kier alpha value is -0.730. The molecule has 1 aromatic carbocycles. The summed E-state index contributed by atoms with van der Waals surface area (Å²) in [6, 6.07) is 6.28. The number of hydrogen-bond donors (Lipinski definition) is 1. The van der Waals surface area contributed by atoms with E-state index in [9.17, 15) is 0 Å². The zero-order valence-corrected chi connectivity index (χ0v) is 14.8. The van der Waals surface area contributed by atoms with Crippen molar-refractivity contribution < 1.29 is 0 Å². The van der Waals surface area contributed by atoms with Gasteiger partial charge in [0.1, 0.15) is 0 Å². The first-order chi connectivity index (χ1) is 9.68. The maximum Gasteiger partial charge on any atom is 0.0471 e. The third-order valence-corrected chi connectivity index (χ3v) is 4.48. The van der Waals surface area contributed by atoms with Crippen LogP contribution >= 0.6 is 11.6 Å². The molecule has 1 fully saturated rings. The second kappa shape index (κ2) is 6.18. The van der Waals surface area contributed by atoms with Crippen LogP contribution in [0, 0.1) is 5.41 Å². The van der Waals surface area contributed by atoms with Gasteiger partial charge in [-0.3, -0.25) is 0 Å². The molecule has 0 aromatic heterocycles. The van der Waals surface area contributed by atoms with E-state index >= 15 is 0 Å². The number of hydrogen-bond acceptors (Lipinski definition) is 2. The average molecular weight is 309 g/mol. The Kier molecular flexibility index (Phi) is 4.89. The summed E-state index contributed by atoms with van der Waals surface area (Å²) in [5.41, 5.74) is 3.01. The van der Waals surface area contributed by atoms with E-state index in [0.717, 1.165) is 24.7 Å². The molecule has 0 aliphatic carbocycles. The summed E-state index contributed by atoms with van der Waals surface area (Å²) in [6.45, 7) is 14.3. The monoisotopic (exact) mass is 308 g/mol. The van der Waals surface area contributed by atoms with Crippen molar-refractivity contribution >= 4 is 17.3 Å². The van der Waals surface area contributed by atoms with Crippen molar-refractivity contribution in [2.24, 2.45) is 5.41 Å². The smallest absolute Gasteiger partial charge is 0.0471 e. The first-order valence-electron chi connectivity index (χ1n) is 7.95. The van der Waals surface area contributed by atoms with Crippen molar-refractivity contribution in [3.63, 3.8) is 0 Å². The van der Waals surface area contributed by atoms with Gasteiger partial charge in [-0.15, -0.1) is 0 Å². The molecule has 2 nitrogen and oxygen atoms in total. The van der Waals surface area contributed by atoms with E-state index < -0.39 is 0 Å². The normalized spacial score (nSPS) is 18.9. The summed E-state index contributed by atoms with van der Waals surface area (Å²) in [6.07, 6.45) is 2.56. The number of benzene rings is 1. The van der Waals surface area contributed by atoms with Crippen molar-refractivity contribution in [1.82, 2.24) is 5.32 Å². The van der Waals surface area contributed by atoms with E-state index in [0.29, 0.717) is 5.41 Å². The van der Waals surface area contributed by atoms with Crippen LogP contribution in [0.4, 0.5) is 5.69 Å². The Balaban J connectivity index is 2.24. The minimum atomic E-state index is 0.0949. The molecule has 1 aromatic rings. The highest BCUT2D eigenvalue weighted by molar-refractivity contribution is 6.31. The van der Waals surface area contributed by atoms with Crippen LogP contribution in [0.15, 0.2) is 18.2 Å². The molecule has 0 unspecified atom stereocenters. The molecule has 0 saturated carbocycles. The molecule has 118 valence electrons. The molecule has 0 bridgehead atoms. The fraction of sp³-hybridized carbons (Fsp3) is 0.667. The van der Waals surface area contributed by atoms with E-state index in [1.165, 1.54) is 24.1 Å². The molecular weight excluding hydrogens is 280 g/mol. The van der Waals surface area contributed by atoms with Crippen molar-refractivity contribution in [2.75, 3.05) is 18.0 Å². The zero-order chi connectivity index (χ0) is 15.7. The molecular formula is C18H29ClN2. The quantitative estimate of drug-likeness (QED) is 0.858. The van der Waals surface area contributed by atoms with Crippen LogP contribution in [0.3, 0.4) is 0 Å². The summed E-state index contributed by atoms with van der Waals surface area (Å²) < 4.78 is 0. The van der Waals surface area contributed by atoms with Crippen molar-refractivity contribution in [2.45, 2.75) is 59.5 Å². The molecule has 1 aliphatic heterocycles. The Morgan fingerprint density at radius 2 is 2.00 bits per heavy atom. The maximum absolute atomic E-state index is 6.48. The lowest BCUT2D eigenvalue weighted by molar-refractivity contribution is 0.292. The number of nitrogens with one attached hydrogen (secondary N) is 1. The van der Waals surface area contributed by atoms with Crippen LogP contribution < -0.4 is 10.2 Å². The maximum atomic E-state index is 6.48. The van der Waals surface area contributed by atoms with Crippen LogP contribution in [0.25, 0.3) is 0 Å². The summed E-state index contributed by atoms with van der Waals surface area (Å²) in [7, 11) is 0. The molecule has 1 saturated heterocycles. The van der Waals surface area contributed by atoms with E-state index in [4.69, 9.17) is 11.6 Å². The molecule has 21 heavy (non-hydrogen) atoms. The minimum absolute atomic E-state index is 0.0949. The third-order valence-electron chi connectivity index (χ3n) is 4.13. The molecule has 0 atom stereocenters. The van der Waals surface area contributed by atoms with Crippen LogP contribution in [-0.2, 0) is 6.54 Å². The van der Waals surface area contributed by atoms with Crippen LogP contribution in [0.5, 0.6) is 0 Å². The Labute approximate surface area is 134 Å². The first-order valence-corrected chi connectivity index (χ1v) is 8.33. The van der Waals surface area contributed by atoms with Crippen LogP contribution in [0.2, 0.25) is 5.02 Å². The second-order valence-electron chi connectivity index (χ2n) is 8.03. The molecule has 2 rings (SSSR count). The van der Waals surface area contributed by atoms with E-state index in [1.807, 2.05) is 6.07 Å². The van der Waals surface area contributed by atoms with Gasteiger partial charge in [0.15, 0.2) is 0 Å². The van der Waals surface area contributed by atoms with Gasteiger partial charge >= 0.3 is 0 Å². The van der Waals surface area contributed by atoms with Crippen LogP contribution in [-0.4, -0.2) is 18.6 Å². The topological polar surface area (TPSA) is 15.3 Å². The van der Waals surface area contributed by atoms with Crippen molar-refractivity contribution in [3.8, 4) is 0 Å². The molecule has 1 heterocycles. The fourth-order valence-electron chi connectivity index (χ4n) is 3.00. The van der Waals surface area contributed by atoms with E-state index in [-0.39, 0.29) is 5.54 Å². The number of piperidine rings is 1. The van der Waals surface area contributed by atoms with Gasteiger partial charge in [0.05, 0.1) is 0 Å². The molecule has 0 spiro atoms. The first kappa shape index (κ1) is 16.6. The highest BCUT2D eigenvalue weighted by atomic mass is 35.5. The summed E-state index contributed by atoms with van der Waals surface area (Å²) in [5.74, 6) is 0. The predicted molar refractivity (Wildman–Crippen MR) is 93.3 cm³/mol. The molecule has 1 N–H and O–H groups in total. The van der Waals surface area contributed by atoms with Gasteiger partial charge in [-0.1, -0.05) is 31.5 Å². The molecule has 0 radical (unpaired) electrons. The van der Waals surface area contributed by atoms with E-state index in [2.05, 4.69) is 57.0 Å². The number of halogens is 1. The second-order valence-corrected chi connectivity index (χ2v) is 8.44. The molecule has 1 aliphatic rings. The minimum Gasteiger partial charge on any atom is -0.371 e. The Morgan fingerprint density at radius 3 is 2.62 bits per heavy atom. The van der Waals surface area contributed by atoms with E-state index in [1.54, 1.807) is 0 Å². The van der Waals surface area contributed by atoms with Crippen LogP contribution in [0.1, 0.15) is 53.0 Å². The van der Waals surface area contributed by atoms with Gasteiger partial charge in [0, 0.05) is 41.4 Å². The Morgan fingerprint density at radius 1 is 1.29 bits per heavy atom. The zero-order valence-electron chi connectivity index (χ0n) is 14.1. The van der Waals surface area contributed by atoms with Gasteiger partial charge in [0.2, 0.25) is 0 Å². The molecule has 3 heteroatoms. The largest absolute Gasteiger partial charge is 0.371 e. The van der Waals surface area contributed by atoms with Crippen molar-refractivity contribution in [3.05, 3.63) is 28.8 Å². The number of anilines is 1. The SMILES string of the molecule is CC1(C)CCCN(c2cccc(Cl)c2CNC(C)(C)C)C1.